The Morgan fingerprint density at radius 2 is 1.88 bits per heavy atom. The Kier molecular flexibility index (Phi) is 8.82. The molecule has 0 unspecified atom stereocenters. The highest BCUT2D eigenvalue weighted by Crippen LogP contribution is 2.11. The molecule has 1 rings (SSSR count). The van der Waals surface area contributed by atoms with Gasteiger partial charge in [-0.1, -0.05) is 46.2 Å². The van der Waals surface area contributed by atoms with Gasteiger partial charge in [-0.05, 0) is 31.0 Å². The average Bonchev–Trinajstić information content (AvgIpc) is 2.27. The number of halogens is 2. The molecule has 0 spiro atoms. The van der Waals surface area contributed by atoms with Gasteiger partial charge in [0, 0.05) is 15.9 Å². The van der Waals surface area contributed by atoms with Crippen molar-refractivity contribution in [1.82, 2.24) is 0 Å². The Labute approximate surface area is 116 Å². The van der Waals surface area contributed by atoms with E-state index in [2.05, 4.69) is 27.2 Å². The van der Waals surface area contributed by atoms with E-state index >= 15 is 0 Å². The van der Waals surface area contributed by atoms with E-state index in [-0.39, 0.29) is 5.97 Å². The summed E-state index contributed by atoms with van der Waals surface area (Å²) >= 11 is 8.43. The van der Waals surface area contributed by atoms with Crippen LogP contribution >= 0.6 is 27.5 Å². The monoisotopic (exact) mass is 318 g/mol. The van der Waals surface area contributed by atoms with Crippen molar-refractivity contribution in [3.63, 3.8) is 0 Å². The molecule has 1 aromatic carbocycles. The molecular weight excluding hydrogens is 303 g/mol. The lowest BCUT2D eigenvalue weighted by atomic mass is 10.1. The van der Waals surface area contributed by atoms with Crippen molar-refractivity contribution in [1.29, 1.82) is 0 Å². The molecule has 0 aliphatic carbocycles. The molecule has 0 radical (unpaired) electrons. The molecule has 1 aromatic rings. The van der Waals surface area contributed by atoms with Crippen LogP contribution < -0.4 is 0 Å². The molecule has 0 N–H and O–H groups in total. The molecular formula is C13H16BrClO2. The van der Waals surface area contributed by atoms with Gasteiger partial charge in [0.25, 0.3) is 0 Å². The second-order valence-electron chi connectivity index (χ2n) is 3.38. The second kappa shape index (κ2) is 9.25. The van der Waals surface area contributed by atoms with Gasteiger partial charge in [-0.15, -0.1) is 0 Å². The van der Waals surface area contributed by atoms with Gasteiger partial charge >= 0.3 is 5.97 Å². The summed E-state index contributed by atoms with van der Waals surface area (Å²) in [6.45, 7) is 5.06. The summed E-state index contributed by atoms with van der Waals surface area (Å²) in [6, 6.07) is 7.92. The number of aryl methyl sites for hydroxylation is 1. The van der Waals surface area contributed by atoms with Crippen LogP contribution in [-0.2, 0) is 16.0 Å². The number of hydrogen-bond acceptors (Lipinski definition) is 2. The fourth-order valence-electron chi connectivity index (χ4n) is 1.000. The first-order chi connectivity index (χ1) is 7.95. The van der Waals surface area contributed by atoms with Crippen LogP contribution in [0.5, 0.6) is 0 Å². The van der Waals surface area contributed by atoms with Gasteiger partial charge in [-0.2, -0.15) is 0 Å². The predicted molar refractivity (Wildman–Crippen MR) is 75.1 cm³/mol. The second-order valence-corrected chi connectivity index (χ2v) is 4.94. The fourth-order valence-corrected chi connectivity index (χ4v) is 1.26. The molecule has 4 heteroatoms. The number of carbonyl (C=O) groups is 1. The number of esters is 1. The summed E-state index contributed by atoms with van der Waals surface area (Å²) in [5.74, 6) is -0.164. The maximum absolute atomic E-state index is 10.8. The van der Waals surface area contributed by atoms with Crippen LogP contribution in [0.25, 0.3) is 0 Å². The molecule has 0 aliphatic rings. The van der Waals surface area contributed by atoms with Crippen LogP contribution in [0.15, 0.2) is 40.3 Å². The summed E-state index contributed by atoms with van der Waals surface area (Å²) in [7, 11) is 1.41. The third-order valence-corrected chi connectivity index (χ3v) is 2.29. The molecule has 0 saturated heterocycles. The topological polar surface area (TPSA) is 26.3 Å². The smallest absolute Gasteiger partial charge is 0.305 e. The van der Waals surface area contributed by atoms with Gasteiger partial charge in [-0.3, -0.25) is 4.79 Å². The average molecular weight is 320 g/mol. The highest BCUT2D eigenvalue weighted by atomic mass is 79.9. The lowest BCUT2D eigenvalue weighted by molar-refractivity contribution is -0.140. The zero-order chi connectivity index (χ0) is 13.3. The van der Waals surface area contributed by atoms with Gasteiger partial charge in [-0.25, -0.2) is 0 Å². The van der Waals surface area contributed by atoms with Gasteiger partial charge < -0.3 is 4.74 Å². The number of benzene rings is 1. The first-order valence-corrected chi connectivity index (χ1v) is 6.25. The molecule has 0 bridgehead atoms. The summed E-state index contributed by atoms with van der Waals surface area (Å²) in [4.78, 5) is 10.8. The normalized spacial score (nSPS) is 8.94. The number of hydrogen-bond donors (Lipinski definition) is 0. The Morgan fingerprint density at radius 3 is 2.29 bits per heavy atom. The highest BCUT2D eigenvalue weighted by molar-refractivity contribution is 9.10. The molecule has 0 fully saturated rings. The standard InChI is InChI=1S/C10H11BrO2.C3H5Cl/c1-13-10(12)7-4-8-2-5-9(11)6-3-8;1-3(2)4/h2-3,5-6H,4,7H2,1H3;1H2,2H3. The molecule has 0 aromatic heterocycles. The van der Waals surface area contributed by atoms with Crippen LogP contribution in [0.4, 0.5) is 0 Å². The van der Waals surface area contributed by atoms with Crippen LogP contribution in [0, 0.1) is 0 Å². The number of methoxy groups -OCH3 is 1. The molecule has 0 saturated carbocycles. The zero-order valence-electron chi connectivity index (χ0n) is 10.0. The Balaban J connectivity index is 0.000000557. The van der Waals surface area contributed by atoms with E-state index in [0.29, 0.717) is 11.5 Å². The number of allylic oxidation sites excluding steroid dienone is 1. The molecule has 17 heavy (non-hydrogen) atoms. The first-order valence-electron chi connectivity index (χ1n) is 5.08. The Hall–Kier alpha value is -0.800. The van der Waals surface area contributed by atoms with Crippen LogP contribution in [0.1, 0.15) is 18.9 Å². The van der Waals surface area contributed by atoms with Gasteiger partial charge in [0.15, 0.2) is 0 Å². The van der Waals surface area contributed by atoms with Gasteiger partial charge in [0.05, 0.1) is 7.11 Å². The van der Waals surface area contributed by atoms with E-state index in [1.54, 1.807) is 6.92 Å². The fraction of sp³-hybridized carbons (Fsp3) is 0.308. The van der Waals surface area contributed by atoms with Crippen LogP contribution in [0.3, 0.4) is 0 Å². The molecule has 0 aliphatic heterocycles. The predicted octanol–water partition coefficient (Wildman–Crippen LogP) is 4.31. The third kappa shape index (κ3) is 10.1. The zero-order valence-corrected chi connectivity index (χ0v) is 12.3. The minimum Gasteiger partial charge on any atom is -0.469 e. The Morgan fingerprint density at radius 1 is 1.41 bits per heavy atom. The number of ether oxygens (including phenoxy) is 1. The first kappa shape index (κ1) is 16.2. The van der Waals surface area contributed by atoms with Crippen molar-refractivity contribution in [3.8, 4) is 0 Å². The highest BCUT2D eigenvalue weighted by Gasteiger charge is 2.00. The maximum Gasteiger partial charge on any atom is 0.305 e. The van der Waals surface area contributed by atoms with Gasteiger partial charge in [0.1, 0.15) is 0 Å². The van der Waals surface area contributed by atoms with Gasteiger partial charge in [0.2, 0.25) is 0 Å². The lowest BCUT2D eigenvalue weighted by Crippen LogP contribution is -2.01. The van der Waals surface area contributed by atoms with Crippen molar-refractivity contribution < 1.29 is 9.53 Å². The minimum absolute atomic E-state index is 0.164. The van der Waals surface area contributed by atoms with E-state index in [9.17, 15) is 4.79 Å². The molecule has 94 valence electrons. The van der Waals surface area contributed by atoms with E-state index in [0.717, 1.165) is 16.5 Å². The lowest BCUT2D eigenvalue weighted by Gasteiger charge is -2.00. The SMILES string of the molecule is C=C(C)Cl.COC(=O)CCc1ccc(Br)cc1. The van der Waals surface area contributed by atoms with Crippen molar-refractivity contribution in [3.05, 3.63) is 45.9 Å². The molecule has 0 amide bonds. The third-order valence-electron chi connectivity index (χ3n) is 1.76. The van der Waals surface area contributed by atoms with Crippen molar-refractivity contribution in [2.75, 3.05) is 7.11 Å². The van der Waals surface area contributed by atoms with Crippen molar-refractivity contribution >= 4 is 33.5 Å². The van der Waals surface area contributed by atoms with Crippen molar-refractivity contribution in [2.24, 2.45) is 0 Å². The summed E-state index contributed by atoms with van der Waals surface area (Å²) in [5, 5.41) is 0.639. The van der Waals surface area contributed by atoms with E-state index in [1.165, 1.54) is 7.11 Å². The van der Waals surface area contributed by atoms with Crippen molar-refractivity contribution in [2.45, 2.75) is 19.8 Å². The summed E-state index contributed by atoms with van der Waals surface area (Å²) < 4.78 is 5.60. The Bertz CT molecular complexity index is 356. The summed E-state index contributed by atoms with van der Waals surface area (Å²) in [6.07, 6.45) is 1.18. The van der Waals surface area contributed by atoms with E-state index in [4.69, 9.17) is 11.6 Å². The largest absolute Gasteiger partial charge is 0.469 e. The molecule has 0 heterocycles. The molecule has 0 atom stereocenters. The van der Waals surface area contributed by atoms with Crippen LogP contribution in [-0.4, -0.2) is 13.1 Å². The van der Waals surface area contributed by atoms with Crippen LogP contribution in [0.2, 0.25) is 0 Å². The number of rotatable bonds is 3. The minimum atomic E-state index is -0.164. The maximum atomic E-state index is 10.8. The molecule has 2 nitrogen and oxygen atoms in total. The van der Waals surface area contributed by atoms with E-state index in [1.807, 2.05) is 24.3 Å². The quantitative estimate of drug-likeness (QED) is 0.776. The summed E-state index contributed by atoms with van der Waals surface area (Å²) in [5.41, 5.74) is 1.15. The van der Waals surface area contributed by atoms with E-state index < -0.39 is 0 Å². The number of carbonyl (C=O) groups excluding carboxylic acids is 1.